The second-order valence-corrected chi connectivity index (χ2v) is 11.7. The maximum absolute atomic E-state index is 12.2. The highest BCUT2D eigenvalue weighted by Gasteiger charge is 2.54. The molecule has 2 saturated heterocycles. The highest BCUT2D eigenvalue weighted by Crippen LogP contribution is 2.51. The van der Waals surface area contributed by atoms with E-state index in [0.29, 0.717) is 24.3 Å². The van der Waals surface area contributed by atoms with Crippen LogP contribution in [0.5, 0.6) is 0 Å². The molecule has 2 aliphatic carbocycles. The Morgan fingerprint density at radius 1 is 1.25 bits per heavy atom. The minimum atomic E-state index is -2.95. The van der Waals surface area contributed by atoms with Crippen molar-refractivity contribution >= 4 is 32.7 Å². The molecule has 4 fully saturated rings. The lowest BCUT2D eigenvalue weighted by Crippen LogP contribution is -2.47. The second kappa shape index (κ2) is 6.01. The van der Waals surface area contributed by atoms with Crippen molar-refractivity contribution in [3.05, 3.63) is 0 Å². The van der Waals surface area contributed by atoms with Crippen molar-refractivity contribution in [1.29, 1.82) is 0 Å². The highest BCUT2D eigenvalue weighted by atomic mass is 32.2. The standard InChI is InChI=1S/C17H26N2O3S2/c1-10(2)5-16(20)18-17-19(13-7-11-3-4-12(13)6-11)14-8-24(21,22)9-15(14)23-17/h10-15H,3-9H2,1-2H3/t11-,12-,13-,14+,15-/m1/s1. The van der Waals surface area contributed by atoms with Gasteiger partial charge in [0.25, 0.3) is 0 Å². The summed E-state index contributed by atoms with van der Waals surface area (Å²) in [5, 5.41) is 0.864. The van der Waals surface area contributed by atoms with E-state index in [-0.39, 0.29) is 28.7 Å². The van der Waals surface area contributed by atoms with E-state index in [1.165, 1.54) is 31.0 Å². The Bertz CT molecular complexity index is 673. The third kappa shape index (κ3) is 3.02. The molecule has 24 heavy (non-hydrogen) atoms. The number of carbonyl (C=O) groups excluding carboxylic acids is 1. The Morgan fingerprint density at radius 2 is 2.04 bits per heavy atom. The fourth-order valence-corrected chi connectivity index (χ4v) is 9.02. The average molecular weight is 371 g/mol. The third-order valence-corrected chi connectivity index (χ3v) is 9.19. The number of hydrogen-bond donors (Lipinski definition) is 0. The molecule has 1 amide bonds. The molecule has 2 heterocycles. The number of rotatable bonds is 3. The fraction of sp³-hybridized carbons (Fsp3) is 0.882. The van der Waals surface area contributed by atoms with E-state index in [4.69, 9.17) is 0 Å². The largest absolute Gasteiger partial charge is 0.343 e. The van der Waals surface area contributed by atoms with E-state index in [1.54, 1.807) is 0 Å². The molecule has 7 heteroatoms. The number of nitrogens with zero attached hydrogens (tertiary/aromatic N) is 2. The SMILES string of the molecule is CC(C)CC(=O)N=C1S[C@@H]2CS(=O)(=O)C[C@@H]2N1[C@@H]1C[C@@H]2CC[C@@H]1C2. The van der Waals surface area contributed by atoms with Gasteiger partial charge < -0.3 is 4.90 Å². The molecule has 0 unspecified atom stereocenters. The van der Waals surface area contributed by atoms with Crippen LogP contribution in [-0.2, 0) is 14.6 Å². The Kier molecular flexibility index (Phi) is 4.23. The second-order valence-electron chi connectivity index (χ2n) is 8.34. The number of aliphatic imine (C=N–C) groups is 1. The first-order valence-electron chi connectivity index (χ1n) is 9.09. The number of sulfone groups is 1. The van der Waals surface area contributed by atoms with Crippen LogP contribution < -0.4 is 0 Å². The molecule has 0 N–H and O–H groups in total. The van der Waals surface area contributed by atoms with Gasteiger partial charge in [-0.05, 0) is 37.0 Å². The predicted molar refractivity (Wildman–Crippen MR) is 96.8 cm³/mol. The van der Waals surface area contributed by atoms with Gasteiger partial charge >= 0.3 is 0 Å². The molecule has 2 saturated carbocycles. The molecule has 4 aliphatic rings. The van der Waals surface area contributed by atoms with Gasteiger partial charge in [-0.1, -0.05) is 32.0 Å². The van der Waals surface area contributed by atoms with Gasteiger partial charge in [0.05, 0.1) is 17.5 Å². The van der Waals surface area contributed by atoms with Crippen molar-refractivity contribution in [3.63, 3.8) is 0 Å². The van der Waals surface area contributed by atoms with E-state index in [2.05, 4.69) is 9.89 Å². The molecule has 0 radical (unpaired) electrons. The van der Waals surface area contributed by atoms with Crippen LogP contribution in [0, 0.1) is 17.8 Å². The summed E-state index contributed by atoms with van der Waals surface area (Å²) in [7, 11) is -2.95. The van der Waals surface area contributed by atoms with E-state index in [1.807, 2.05) is 13.8 Å². The van der Waals surface area contributed by atoms with Gasteiger partial charge in [0.2, 0.25) is 5.91 Å². The zero-order valence-electron chi connectivity index (χ0n) is 14.3. The molecule has 5 atom stereocenters. The molecule has 2 aliphatic heterocycles. The summed E-state index contributed by atoms with van der Waals surface area (Å²) in [5.74, 6) is 2.14. The number of amidine groups is 1. The molecular formula is C17H26N2O3S2. The molecule has 5 nitrogen and oxygen atoms in total. The molecule has 4 rings (SSSR count). The van der Waals surface area contributed by atoms with Crippen LogP contribution in [0.1, 0.15) is 46.0 Å². The fourth-order valence-electron chi connectivity index (χ4n) is 5.03. The zero-order valence-corrected chi connectivity index (χ0v) is 16.0. The van der Waals surface area contributed by atoms with Crippen molar-refractivity contribution in [2.45, 2.75) is 63.3 Å². The van der Waals surface area contributed by atoms with E-state index in [0.717, 1.165) is 17.5 Å². The van der Waals surface area contributed by atoms with Crippen molar-refractivity contribution < 1.29 is 13.2 Å². The number of carbonyl (C=O) groups is 1. The normalized spacial score (nSPS) is 41.5. The Morgan fingerprint density at radius 3 is 2.67 bits per heavy atom. The number of hydrogen-bond acceptors (Lipinski definition) is 4. The minimum absolute atomic E-state index is 0.0231. The maximum Gasteiger partial charge on any atom is 0.248 e. The smallest absolute Gasteiger partial charge is 0.248 e. The van der Waals surface area contributed by atoms with Crippen LogP contribution in [-0.4, -0.2) is 53.2 Å². The molecule has 0 aromatic rings. The maximum atomic E-state index is 12.2. The van der Waals surface area contributed by atoms with Crippen LogP contribution >= 0.6 is 11.8 Å². The lowest BCUT2D eigenvalue weighted by Gasteiger charge is -2.36. The average Bonchev–Trinajstić information content (AvgIpc) is 3.16. The molecule has 0 aromatic carbocycles. The molecular weight excluding hydrogens is 344 g/mol. The van der Waals surface area contributed by atoms with Crippen LogP contribution in [0.15, 0.2) is 4.99 Å². The van der Waals surface area contributed by atoms with Gasteiger partial charge in [0.15, 0.2) is 15.0 Å². The van der Waals surface area contributed by atoms with Gasteiger partial charge in [0.1, 0.15) is 0 Å². The first-order chi connectivity index (χ1) is 11.3. The van der Waals surface area contributed by atoms with Gasteiger partial charge in [-0.3, -0.25) is 4.79 Å². The van der Waals surface area contributed by atoms with Crippen molar-refractivity contribution in [2.75, 3.05) is 11.5 Å². The van der Waals surface area contributed by atoms with Gasteiger partial charge in [0, 0.05) is 17.7 Å². The van der Waals surface area contributed by atoms with Crippen LogP contribution in [0.4, 0.5) is 0 Å². The Hall–Kier alpha value is -0.560. The predicted octanol–water partition coefficient (Wildman–Crippen LogP) is 2.32. The summed E-state index contributed by atoms with van der Waals surface area (Å²) >= 11 is 1.54. The summed E-state index contributed by atoms with van der Waals surface area (Å²) in [5.41, 5.74) is 0. The summed E-state index contributed by atoms with van der Waals surface area (Å²) in [6.07, 6.45) is 5.43. The zero-order chi connectivity index (χ0) is 17.1. The minimum Gasteiger partial charge on any atom is -0.343 e. The summed E-state index contributed by atoms with van der Waals surface area (Å²) in [6.45, 7) is 4.05. The van der Waals surface area contributed by atoms with Crippen LogP contribution in [0.3, 0.4) is 0 Å². The van der Waals surface area contributed by atoms with E-state index >= 15 is 0 Å². The Labute approximate surface area is 148 Å². The summed E-state index contributed by atoms with van der Waals surface area (Å²) in [6, 6.07) is 0.417. The number of amides is 1. The lowest BCUT2D eigenvalue weighted by atomic mass is 9.93. The number of fused-ring (bicyclic) bond motifs is 3. The quantitative estimate of drug-likeness (QED) is 0.763. The number of thioether (sulfide) groups is 1. The molecule has 0 aromatic heterocycles. The Balaban J connectivity index is 1.61. The van der Waals surface area contributed by atoms with Crippen LogP contribution in [0.2, 0.25) is 0 Å². The highest BCUT2D eigenvalue weighted by molar-refractivity contribution is 8.15. The molecule has 134 valence electrons. The monoisotopic (exact) mass is 370 g/mol. The van der Waals surface area contributed by atoms with Crippen molar-refractivity contribution in [2.24, 2.45) is 22.7 Å². The van der Waals surface area contributed by atoms with Crippen LogP contribution in [0.25, 0.3) is 0 Å². The van der Waals surface area contributed by atoms with E-state index < -0.39 is 9.84 Å². The first-order valence-corrected chi connectivity index (χ1v) is 11.8. The molecule has 0 spiro atoms. The molecule has 2 bridgehead atoms. The van der Waals surface area contributed by atoms with Crippen molar-refractivity contribution in [3.8, 4) is 0 Å². The van der Waals surface area contributed by atoms with Gasteiger partial charge in [-0.15, -0.1) is 0 Å². The first kappa shape index (κ1) is 16.9. The summed E-state index contributed by atoms with van der Waals surface area (Å²) in [4.78, 5) is 18.9. The van der Waals surface area contributed by atoms with Crippen molar-refractivity contribution in [1.82, 2.24) is 4.90 Å². The topological polar surface area (TPSA) is 66.8 Å². The summed E-state index contributed by atoms with van der Waals surface area (Å²) < 4.78 is 24.2. The van der Waals surface area contributed by atoms with E-state index in [9.17, 15) is 13.2 Å². The third-order valence-electron chi connectivity index (χ3n) is 5.97. The van der Waals surface area contributed by atoms with Gasteiger partial charge in [-0.25, -0.2) is 8.42 Å². The lowest BCUT2D eigenvalue weighted by molar-refractivity contribution is -0.118. The van der Waals surface area contributed by atoms with Gasteiger partial charge in [-0.2, -0.15) is 4.99 Å².